The van der Waals surface area contributed by atoms with Gasteiger partial charge in [-0.1, -0.05) is 13.8 Å². The Morgan fingerprint density at radius 1 is 1.50 bits per heavy atom. The van der Waals surface area contributed by atoms with Gasteiger partial charge < -0.3 is 20.5 Å². The monoisotopic (exact) mass is 258 g/mol. The highest BCUT2D eigenvalue weighted by Gasteiger charge is 2.27. The molecule has 3 N–H and O–H groups in total. The van der Waals surface area contributed by atoms with Crippen LogP contribution < -0.4 is 5.73 Å². The van der Waals surface area contributed by atoms with Crippen LogP contribution in [-0.2, 0) is 9.53 Å². The maximum absolute atomic E-state index is 12.1. The van der Waals surface area contributed by atoms with Crippen molar-refractivity contribution in [3.8, 4) is 0 Å². The summed E-state index contributed by atoms with van der Waals surface area (Å²) in [6.07, 6.45) is 2.27. The fourth-order valence-electron chi connectivity index (χ4n) is 2.24. The number of hydrogen-bond acceptors (Lipinski definition) is 4. The van der Waals surface area contributed by atoms with Crippen molar-refractivity contribution >= 4 is 5.91 Å². The molecular formula is C13H26N2O3. The van der Waals surface area contributed by atoms with E-state index in [0.29, 0.717) is 32.7 Å². The van der Waals surface area contributed by atoms with E-state index in [1.165, 1.54) is 0 Å². The van der Waals surface area contributed by atoms with Crippen molar-refractivity contribution in [2.24, 2.45) is 11.1 Å². The zero-order chi connectivity index (χ0) is 13.6. The van der Waals surface area contributed by atoms with Crippen molar-refractivity contribution in [1.82, 2.24) is 4.90 Å². The van der Waals surface area contributed by atoms with Crippen molar-refractivity contribution in [1.29, 1.82) is 0 Å². The van der Waals surface area contributed by atoms with Crippen molar-refractivity contribution in [3.63, 3.8) is 0 Å². The molecule has 0 aromatic carbocycles. The molecule has 1 saturated heterocycles. The molecule has 1 heterocycles. The minimum atomic E-state index is -0.177. The van der Waals surface area contributed by atoms with E-state index in [1.807, 2.05) is 0 Å². The van der Waals surface area contributed by atoms with Crippen LogP contribution in [0, 0.1) is 5.41 Å². The molecule has 5 nitrogen and oxygen atoms in total. The van der Waals surface area contributed by atoms with Crippen LogP contribution in [0.1, 0.15) is 33.1 Å². The number of carbonyl (C=O) groups excluding carboxylic acids is 1. The topological polar surface area (TPSA) is 75.8 Å². The van der Waals surface area contributed by atoms with Gasteiger partial charge in [0, 0.05) is 13.0 Å². The molecule has 1 unspecified atom stereocenters. The molecule has 106 valence electrons. The van der Waals surface area contributed by atoms with Crippen LogP contribution in [-0.4, -0.2) is 54.9 Å². The molecule has 1 atom stereocenters. The largest absolute Gasteiger partial charge is 0.394 e. The Morgan fingerprint density at radius 2 is 2.22 bits per heavy atom. The summed E-state index contributed by atoms with van der Waals surface area (Å²) in [6, 6.07) is -0.177. The van der Waals surface area contributed by atoms with Crippen molar-refractivity contribution in [2.45, 2.75) is 39.2 Å². The van der Waals surface area contributed by atoms with Gasteiger partial charge in [0.05, 0.1) is 25.9 Å². The normalized spacial score (nSPS) is 21.1. The molecule has 0 saturated carbocycles. The number of ether oxygens (including phenoxy) is 1. The second kappa shape index (κ2) is 7.07. The third-order valence-electron chi connectivity index (χ3n) is 3.60. The molecular weight excluding hydrogens is 232 g/mol. The Balaban J connectivity index is 2.44. The van der Waals surface area contributed by atoms with Gasteiger partial charge in [-0.3, -0.25) is 4.79 Å². The van der Waals surface area contributed by atoms with Crippen LogP contribution >= 0.6 is 0 Å². The first-order valence-electron chi connectivity index (χ1n) is 6.68. The second-order valence-electron chi connectivity index (χ2n) is 5.70. The lowest BCUT2D eigenvalue weighted by Gasteiger charge is -2.35. The van der Waals surface area contributed by atoms with Crippen LogP contribution in [0.2, 0.25) is 0 Å². The van der Waals surface area contributed by atoms with E-state index in [9.17, 15) is 9.90 Å². The number of amides is 1. The smallest absolute Gasteiger partial charge is 0.223 e. The second-order valence-corrected chi connectivity index (χ2v) is 5.70. The van der Waals surface area contributed by atoms with Gasteiger partial charge in [-0.25, -0.2) is 0 Å². The lowest BCUT2D eigenvalue weighted by Crippen LogP contribution is -2.50. The number of aliphatic hydroxyl groups is 1. The number of carbonyl (C=O) groups is 1. The van der Waals surface area contributed by atoms with E-state index in [0.717, 1.165) is 12.8 Å². The highest BCUT2D eigenvalue weighted by Crippen LogP contribution is 2.26. The summed E-state index contributed by atoms with van der Waals surface area (Å²) in [5.41, 5.74) is 5.67. The first-order valence-corrected chi connectivity index (χ1v) is 6.68. The van der Waals surface area contributed by atoms with Gasteiger partial charge in [0.25, 0.3) is 0 Å². The van der Waals surface area contributed by atoms with Crippen LogP contribution in [0.5, 0.6) is 0 Å². The number of morpholine rings is 1. The summed E-state index contributed by atoms with van der Waals surface area (Å²) < 4.78 is 5.27. The van der Waals surface area contributed by atoms with Gasteiger partial charge in [0.2, 0.25) is 5.91 Å². The van der Waals surface area contributed by atoms with E-state index in [4.69, 9.17) is 10.5 Å². The molecule has 0 radical (unpaired) electrons. The van der Waals surface area contributed by atoms with Crippen molar-refractivity contribution in [2.75, 3.05) is 32.9 Å². The van der Waals surface area contributed by atoms with Crippen LogP contribution in [0.4, 0.5) is 0 Å². The van der Waals surface area contributed by atoms with Crippen LogP contribution in [0.25, 0.3) is 0 Å². The average Bonchev–Trinajstić information content (AvgIpc) is 2.36. The Labute approximate surface area is 109 Å². The molecule has 1 amide bonds. The molecule has 1 rings (SSSR count). The SMILES string of the molecule is CC(C)(CCN)CCC(=O)N1CCOCC1CO. The number of nitrogens with two attached hydrogens (primary N) is 1. The fourth-order valence-corrected chi connectivity index (χ4v) is 2.24. The Morgan fingerprint density at radius 3 is 2.83 bits per heavy atom. The third kappa shape index (κ3) is 4.55. The maximum Gasteiger partial charge on any atom is 0.223 e. The fraction of sp³-hybridized carbons (Fsp3) is 0.923. The minimum absolute atomic E-state index is 0.0298. The first kappa shape index (κ1) is 15.4. The summed E-state index contributed by atoms with van der Waals surface area (Å²) >= 11 is 0. The number of nitrogens with zero attached hydrogens (tertiary/aromatic N) is 1. The zero-order valence-corrected chi connectivity index (χ0v) is 11.5. The molecule has 0 aromatic heterocycles. The van der Waals surface area contributed by atoms with Crippen LogP contribution in [0.3, 0.4) is 0 Å². The molecule has 5 heteroatoms. The molecule has 0 aromatic rings. The lowest BCUT2D eigenvalue weighted by molar-refractivity contribution is -0.142. The Hall–Kier alpha value is -0.650. The van der Waals surface area contributed by atoms with Crippen molar-refractivity contribution in [3.05, 3.63) is 0 Å². The summed E-state index contributed by atoms with van der Waals surface area (Å²) in [5, 5.41) is 9.23. The van der Waals surface area contributed by atoms with E-state index < -0.39 is 0 Å². The summed E-state index contributed by atoms with van der Waals surface area (Å²) in [5.74, 6) is 0.113. The highest BCUT2D eigenvalue weighted by atomic mass is 16.5. The minimum Gasteiger partial charge on any atom is -0.394 e. The molecule has 1 fully saturated rings. The number of rotatable bonds is 6. The van der Waals surface area contributed by atoms with E-state index >= 15 is 0 Å². The highest BCUT2D eigenvalue weighted by molar-refractivity contribution is 5.76. The van der Waals surface area contributed by atoms with Gasteiger partial charge >= 0.3 is 0 Å². The third-order valence-corrected chi connectivity index (χ3v) is 3.60. The van der Waals surface area contributed by atoms with Crippen molar-refractivity contribution < 1.29 is 14.6 Å². The quantitative estimate of drug-likeness (QED) is 0.721. The van der Waals surface area contributed by atoms with Gasteiger partial charge in [0.1, 0.15) is 0 Å². The van der Waals surface area contributed by atoms with Gasteiger partial charge in [-0.2, -0.15) is 0 Å². The predicted molar refractivity (Wildman–Crippen MR) is 70.1 cm³/mol. The molecule has 0 bridgehead atoms. The van der Waals surface area contributed by atoms with Crippen LogP contribution in [0.15, 0.2) is 0 Å². The van der Waals surface area contributed by atoms with Gasteiger partial charge in [-0.05, 0) is 24.8 Å². The van der Waals surface area contributed by atoms with E-state index in [-0.39, 0.29) is 24.0 Å². The molecule has 0 aliphatic carbocycles. The maximum atomic E-state index is 12.1. The van der Waals surface area contributed by atoms with Gasteiger partial charge in [-0.15, -0.1) is 0 Å². The summed E-state index contributed by atoms with van der Waals surface area (Å²) in [4.78, 5) is 13.9. The Kier molecular flexibility index (Phi) is 6.05. The first-order chi connectivity index (χ1) is 8.50. The predicted octanol–water partition coefficient (Wildman–Crippen LogP) is 0.361. The van der Waals surface area contributed by atoms with Gasteiger partial charge in [0.15, 0.2) is 0 Å². The Bertz CT molecular complexity index is 269. The zero-order valence-electron chi connectivity index (χ0n) is 11.5. The molecule has 1 aliphatic heterocycles. The molecule has 0 spiro atoms. The van der Waals surface area contributed by atoms with E-state index in [2.05, 4.69) is 13.8 Å². The van der Waals surface area contributed by atoms with E-state index in [1.54, 1.807) is 4.90 Å². The lowest BCUT2D eigenvalue weighted by atomic mass is 9.84. The number of hydrogen-bond donors (Lipinski definition) is 2. The number of aliphatic hydroxyl groups excluding tert-OH is 1. The summed E-state index contributed by atoms with van der Waals surface area (Å²) in [6.45, 7) is 6.48. The standard InChI is InChI=1S/C13H26N2O3/c1-13(2,5-6-14)4-3-12(17)15-7-8-18-10-11(15)9-16/h11,16H,3-10,14H2,1-2H3. The summed E-state index contributed by atoms with van der Waals surface area (Å²) in [7, 11) is 0. The molecule has 1 aliphatic rings. The molecule has 18 heavy (non-hydrogen) atoms. The average molecular weight is 258 g/mol.